The minimum absolute atomic E-state index is 0.0156. The van der Waals surface area contributed by atoms with Crippen molar-refractivity contribution in [2.45, 2.75) is 33.4 Å². The maximum atomic E-state index is 13.3. The lowest BCUT2D eigenvalue weighted by atomic mass is 10.1. The number of halogens is 1. The zero-order chi connectivity index (χ0) is 23.3. The number of imidazole rings is 1. The van der Waals surface area contributed by atoms with Crippen LogP contribution in [0.25, 0.3) is 11.2 Å². The van der Waals surface area contributed by atoms with Gasteiger partial charge < -0.3 is 9.13 Å². The molecular weight excluding hydrogens is 430 g/mol. The molecule has 166 valence electrons. The summed E-state index contributed by atoms with van der Waals surface area (Å²) in [5, 5.41) is -0.0156. The van der Waals surface area contributed by atoms with Crippen molar-refractivity contribution >= 4 is 28.5 Å². The topological polar surface area (TPSA) is 83.8 Å². The highest BCUT2D eigenvalue weighted by atomic mass is 35.5. The second-order valence-corrected chi connectivity index (χ2v) is 8.35. The number of Topliss-reactive ketones (excluding diaryl/α,β-unsaturated/α-hetero) is 1. The fraction of sp³-hybridized carbons (Fsp3) is 0.304. The smallest absolute Gasteiger partial charge is 0.332 e. The largest absolute Gasteiger partial charge is 0.341 e. The first-order chi connectivity index (χ1) is 15.1. The molecule has 3 aromatic heterocycles. The molecule has 0 aliphatic carbocycles. The molecule has 0 aliphatic heterocycles. The molecule has 0 N–H and O–H groups in total. The average molecular weight is 454 g/mol. The zero-order valence-electron chi connectivity index (χ0n) is 18.6. The van der Waals surface area contributed by atoms with Crippen LogP contribution in [-0.2, 0) is 20.6 Å². The van der Waals surface area contributed by atoms with Crippen molar-refractivity contribution in [2.24, 2.45) is 14.1 Å². The molecule has 1 aromatic carbocycles. The van der Waals surface area contributed by atoms with Crippen LogP contribution in [0.5, 0.6) is 0 Å². The molecule has 9 heteroatoms. The number of rotatable bonds is 5. The van der Waals surface area contributed by atoms with E-state index in [-0.39, 0.29) is 34.8 Å². The normalized spacial score (nSPS) is 12.4. The fourth-order valence-electron chi connectivity index (χ4n) is 4.33. The van der Waals surface area contributed by atoms with E-state index in [4.69, 9.17) is 11.6 Å². The number of aromatic nitrogens is 5. The summed E-state index contributed by atoms with van der Waals surface area (Å²) in [7, 11) is 2.90. The van der Waals surface area contributed by atoms with E-state index < -0.39 is 11.2 Å². The van der Waals surface area contributed by atoms with Crippen LogP contribution < -0.4 is 11.2 Å². The quantitative estimate of drug-likeness (QED) is 0.343. The van der Waals surface area contributed by atoms with E-state index >= 15 is 0 Å². The van der Waals surface area contributed by atoms with Gasteiger partial charge >= 0.3 is 5.69 Å². The lowest BCUT2D eigenvalue weighted by molar-refractivity contribution is 0.0972. The number of nitrogens with zero attached hydrogens (tertiary/aromatic N) is 5. The van der Waals surface area contributed by atoms with Gasteiger partial charge in [0.1, 0.15) is 0 Å². The molecule has 0 bridgehead atoms. The van der Waals surface area contributed by atoms with E-state index in [1.807, 2.05) is 38.1 Å². The van der Waals surface area contributed by atoms with E-state index in [1.54, 1.807) is 0 Å². The summed E-state index contributed by atoms with van der Waals surface area (Å²) in [5.41, 5.74) is 2.73. The van der Waals surface area contributed by atoms with Gasteiger partial charge in [0.2, 0.25) is 5.28 Å². The van der Waals surface area contributed by atoms with E-state index in [2.05, 4.69) is 28.6 Å². The third kappa shape index (κ3) is 3.31. The maximum Gasteiger partial charge on any atom is 0.332 e. The van der Waals surface area contributed by atoms with Crippen molar-refractivity contribution in [2.75, 3.05) is 0 Å². The molecule has 4 rings (SSSR count). The van der Waals surface area contributed by atoms with Crippen LogP contribution in [0.3, 0.4) is 0 Å². The molecule has 0 fully saturated rings. The fourth-order valence-corrected chi connectivity index (χ4v) is 4.55. The summed E-state index contributed by atoms with van der Waals surface area (Å²) in [6.45, 7) is 5.81. The highest BCUT2D eigenvalue weighted by molar-refractivity contribution is 6.29. The number of ketones is 1. The Morgan fingerprint density at radius 1 is 1.09 bits per heavy atom. The summed E-state index contributed by atoms with van der Waals surface area (Å²) in [5.74, 6) is -0.193. The van der Waals surface area contributed by atoms with E-state index in [9.17, 15) is 14.4 Å². The van der Waals surface area contributed by atoms with Gasteiger partial charge in [-0.2, -0.15) is 4.98 Å². The number of aryl methyl sites for hydroxylation is 2. The van der Waals surface area contributed by atoms with Gasteiger partial charge in [-0.05, 0) is 44.0 Å². The van der Waals surface area contributed by atoms with Gasteiger partial charge in [0.15, 0.2) is 16.9 Å². The number of benzene rings is 1. The predicted octanol–water partition coefficient (Wildman–Crippen LogP) is 3.00. The highest BCUT2D eigenvalue weighted by Gasteiger charge is 2.23. The van der Waals surface area contributed by atoms with Gasteiger partial charge in [0.05, 0.1) is 12.6 Å². The summed E-state index contributed by atoms with van der Waals surface area (Å²) < 4.78 is 5.72. The van der Waals surface area contributed by atoms with Crippen LogP contribution >= 0.6 is 11.6 Å². The van der Waals surface area contributed by atoms with Crippen molar-refractivity contribution in [3.8, 4) is 0 Å². The lowest BCUT2D eigenvalue weighted by Gasteiger charge is -2.19. The number of fused-ring (bicyclic) bond motifs is 1. The summed E-state index contributed by atoms with van der Waals surface area (Å²) in [6, 6.07) is 12.0. The molecule has 1 unspecified atom stereocenters. The molecule has 0 aliphatic rings. The maximum absolute atomic E-state index is 13.3. The van der Waals surface area contributed by atoms with Crippen LogP contribution in [0.15, 0.2) is 46.0 Å². The third-order valence-corrected chi connectivity index (χ3v) is 6.35. The highest BCUT2D eigenvalue weighted by Crippen LogP contribution is 2.26. The van der Waals surface area contributed by atoms with Crippen molar-refractivity contribution in [1.82, 2.24) is 23.3 Å². The molecule has 32 heavy (non-hydrogen) atoms. The molecule has 1 atom stereocenters. The molecule has 3 heterocycles. The third-order valence-electron chi connectivity index (χ3n) is 6.06. The van der Waals surface area contributed by atoms with E-state index in [0.717, 1.165) is 21.5 Å². The van der Waals surface area contributed by atoms with Gasteiger partial charge in [-0.15, -0.1) is 0 Å². The average Bonchev–Trinajstić information content (AvgIpc) is 3.26. The van der Waals surface area contributed by atoms with Gasteiger partial charge in [-0.3, -0.25) is 18.7 Å². The van der Waals surface area contributed by atoms with Gasteiger partial charge in [0.25, 0.3) is 5.56 Å². The minimum atomic E-state index is -0.543. The second kappa shape index (κ2) is 7.94. The molecule has 0 radical (unpaired) electrons. The molecular formula is C23H24ClN5O3. The minimum Gasteiger partial charge on any atom is -0.341 e. The Kier molecular flexibility index (Phi) is 5.42. The zero-order valence-corrected chi connectivity index (χ0v) is 19.3. The van der Waals surface area contributed by atoms with Gasteiger partial charge in [-0.25, -0.2) is 4.79 Å². The molecule has 0 saturated carbocycles. The SMILES string of the molecule is Cc1cc(C(=O)Cn2c(Cl)nc3c2c(=O)n(C)c(=O)n3C)c(C)n1C(C)c1ccccc1. The first kappa shape index (κ1) is 21.8. The Hall–Kier alpha value is -3.39. The van der Waals surface area contributed by atoms with Crippen LogP contribution in [-0.4, -0.2) is 29.0 Å². The van der Waals surface area contributed by atoms with Gasteiger partial charge in [-0.1, -0.05) is 30.3 Å². The van der Waals surface area contributed by atoms with Crippen LogP contribution in [0.2, 0.25) is 5.28 Å². The first-order valence-corrected chi connectivity index (χ1v) is 10.6. The van der Waals surface area contributed by atoms with Crippen molar-refractivity contribution in [3.05, 3.63) is 85.0 Å². The summed E-state index contributed by atoms with van der Waals surface area (Å²) in [4.78, 5) is 42.4. The summed E-state index contributed by atoms with van der Waals surface area (Å²) in [6.07, 6.45) is 0. The first-order valence-electron chi connectivity index (χ1n) is 10.2. The molecule has 0 spiro atoms. The van der Waals surface area contributed by atoms with Crippen molar-refractivity contribution < 1.29 is 4.79 Å². The number of hydrogen-bond donors (Lipinski definition) is 0. The Morgan fingerprint density at radius 2 is 1.75 bits per heavy atom. The second-order valence-electron chi connectivity index (χ2n) is 8.01. The Balaban J connectivity index is 1.77. The number of carbonyl (C=O) groups is 1. The predicted molar refractivity (Wildman–Crippen MR) is 124 cm³/mol. The lowest BCUT2D eigenvalue weighted by Crippen LogP contribution is -2.37. The standard InChI is InChI=1S/C23H24ClN5O3/c1-13-11-17(15(3)29(13)14(2)16-9-7-6-8-10-16)18(30)12-28-19-20(25-22(28)24)26(4)23(32)27(5)21(19)31/h6-11,14H,12H2,1-5H3. The monoisotopic (exact) mass is 453 g/mol. The molecule has 8 nitrogen and oxygen atoms in total. The van der Waals surface area contributed by atoms with Crippen LogP contribution in [0.1, 0.15) is 40.3 Å². The number of carbonyl (C=O) groups excluding carboxylic acids is 1. The Morgan fingerprint density at radius 3 is 2.41 bits per heavy atom. The van der Waals surface area contributed by atoms with Crippen LogP contribution in [0.4, 0.5) is 0 Å². The van der Waals surface area contributed by atoms with Gasteiger partial charge in [0, 0.05) is 31.0 Å². The van der Waals surface area contributed by atoms with Crippen molar-refractivity contribution in [3.63, 3.8) is 0 Å². The molecule has 0 amide bonds. The van der Waals surface area contributed by atoms with E-state index in [0.29, 0.717) is 5.56 Å². The van der Waals surface area contributed by atoms with Crippen molar-refractivity contribution in [1.29, 1.82) is 0 Å². The summed E-state index contributed by atoms with van der Waals surface area (Å²) >= 11 is 6.29. The number of hydrogen-bond acceptors (Lipinski definition) is 4. The molecule has 4 aromatic rings. The van der Waals surface area contributed by atoms with Crippen LogP contribution in [0, 0.1) is 13.8 Å². The molecule has 0 saturated heterocycles. The Bertz CT molecular complexity index is 1470. The van der Waals surface area contributed by atoms with E-state index in [1.165, 1.54) is 23.2 Å². The Labute approximate surface area is 189 Å².